The van der Waals surface area contributed by atoms with Gasteiger partial charge in [0, 0.05) is 0 Å². The summed E-state index contributed by atoms with van der Waals surface area (Å²) in [5.74, 6) is -1.63. The number of carboxylic acids is 1. The summed E-state index contributed by atoms with van der Waals surface area (Å²) >= 11 is 0. The van der Waals surface area contributed by atoms with Crippen LogP contribution in [0.4, 0.5) is 0 Å². The molecule has 0 aliphatic heterocycles. The van der Waals surface area contributed by atoms with Gasteiger partial charge in [-0.2, -0.15) is 0 Å². The van der Waals surface area contributed by atoms with E-state index >= 15 is 0 Å². The van der Waals surface area contributed by atoms with Gasteiger partial charge in [-0.1, -0.05) is 66.7 Å². The molecular weight excluding hydrogens is 340 g/mol. The number of carboxylic acid groups (broad SMARTS) is 1. The van der Waals surface area contributed by atoms with Gasteiger partial charge in [-0.25, -0.2) is 4.79 Å². The average Bonchev–Trinajstić information content (AvgIpc) is 2.63. The van der Waals surface area contributed by atoms with E-state index < -0.39 is 23.0 Å². The lowest BCUT2D eigenvalue weighted by atomic mass is 9.83. The van der Waals surface area contributed by atoms with Crippen molar-refractivity contribution in [2.24, 2.45) is 5.73 Å². The minimum Gasteiger partial charge on any atom is -0.480 e. The van der Waals surface area contributed by atoms with Crippen molar-refractivity contribution in [3.05, 3.63) is 84.4 Å². The first-order valence-electron chi connectivity index (χ1n) is 8.83. The number of benzene rings is 2. The highest BCUT2D eigenvalue weighted by atomic mass is 16.4. The third-order valence-electron chi connectivity index (χ3n) is 4.59. The molecule has 5 heteroatoms. The maximum atomic E-state index is 13.1. The minimum absolute atomic E-state index is 0.0980. The number of carbonyl (C=O) groups is 2. The number of hydrogen-bond donors (Lipinski definition) is 3. The van der Waals surface area contributed by atoms with Gasteiger partial charge >= 0.3 is 5.97 Å². The Kier molecular flexibility index (Phi) is 6.53. The summed E-state index contributed by atoms with van der Waals surface area (Å²) < 4.78 is 0. The Balaban J connectivity index is 2.34. The van der Waals surface area contributed by atoms with Gasteiger partial charge in [0.25, 0.3) is 0 Å². The van der Waals surface area contributed by atoms with Crippen LogP contribution in [0.2, 0.25) is 0 Å². The summed E-state index contributed by atoms with van der Waals surface area (Å²) in [5, 5.41) is 12.2. The summed E-state index contributed by atoms with van der Waals surface area (Å²) in [6.45, 7) is 5.05. The summed E-state index contributed by atoms with van der Waals surface area (Å²) in [6, 6.07) is 18.9. The normalized spacial score (nSPS) is 13.4. The number of carbonyl (C=O) groups excluding carboxylic acids is 1. The first-order valence-corrected chi connectivity index (χ1v) is 8.83. The Morgan fingerprint density at radius 1 is 1.04 bits per heavy atom. The van der Waals surface area contributed by atoms with Crippen molar-refractivity contribution in [1.29, 1.82) is 0 Å². The van der Waals surface area contributed by atoms with E-state index in [1.54, 1.807) is 0 Å². The molecule has 0 bridgehead atoms. The molecule has 0 saturated heterocycles. The Morgan fingerprint density at radius 2 is 1.48 bits per heavy atom. The zero-order chi connectivity index (χ0) is 19.9. The van der Waals surface area contributed by atoms with Gasteiger partial charge in [0.2, 0.25) is 5.91 Å². The van der Waals surface area contributed by atoms with E-state index in [2.05, 4.69) is 11.9 Å². The number of rotatable bonds is 9. The van der Waals surface area contributed by atoms with Crippen LogP contribution in [0, 0.1) is 0 Å². The predicted molar refractivity (Wildman–Crippen MR) is 106 cm³/mol. The van der Waals surface area contributed by atoms with E-state index in [0.717, 1.165) is 11.1 Å². The third kappa shape index (κ3) is 5.28. The number of hydrogen-bond acceptors (Lipinski definition) is 3. The predicted octanol–water partition coefficient (Wildman–Crippen LogP) is 2.70. The molecule has 27 heavy (non-hydrogen) atoms. The average molecular weight is 366 g/mol. The molecule has 2 rings (SSSR count). The molecule has 4 N–H and O–H groups in total. The highest BCUT2D eigenvalue weighted by Crippen LogP contribution is 2.20. The van der Waals surface area contributed by atoms with Crippen LogP contribution in [0.15, 0.2) is 73.3 Å². The number of nitrogens with two attached hydrogens (primary N) is 1. The van der Waals surface area contributed by atoms with E-state index in [-0.39, 0.29) is 6.42 Å². The second-order valence-corrected chi connectivity index (χ2v) is 7.07. The van der Waals surface area contributed by atoms with Gasteiger partial charge in [0.15, 0.2) is 0 Å². The van der Waals surface area contributed by atoms with E-state index in [1.165, 1.54) is 13.0 Å². The lowest BCUT2D eigenvalue weighted by Gasteiger charge is -2.33. The largest absolute Gasteiger partial charge is 0.480 e. The highest BCUT2D eigenvalue weighted by molar-refractivity contribution is 5.92. The maximum Gasteiger partial charge on any atom is 0.329 e. The van der Waals surface area contributed by atoms with Gasteiger partial charge in [0.05, 0.1) is 0 Å². The molecule has 2 aromatic rings. The van der Waals surface area contributed by atoms with E-state index in [0.29, 0.717) is 12.8 Å². The molecule has 2 aromatic carbocycles. The number of nitrogens with one attached hydrogen (secondary N) is 1. The fourth-order valence-corrected chi connectivity index (χ4v) is 3.00. The molecule has 0 fully saturated rings. The molecule has 1 amide bonds. The topological polar surface area (TPSA) is 92.4 Å². The van der Waals surface area contributed by atoms with Gasteiger partial charge in [-0.3, -0.25) is 4.79 Å². The van der Waals surface area contributed by atoms with E-state index in [9.17, 15) is 14.7 Å². The number of amides is 1. The van der Waals surface area contributed by atoms with Crippen LogP contribution in [0.5, 0.6) is 0 Å². The van der Waals surface area contributed by atoms with Crippen molar-refractivity contribution in [2.45, 2.75) is 37.3 Å². The van der Waals surface area contributed by atoms with Crippen LogP contribution in [0.25, 0.3) is 0 Å². The molecule has 0 heterocycles. The van der Waals surface area contributed by atoms with Crippen LogP contribution < -0.4 is 11.1 Å². The van der Waals surface area contributed by atoms with Crippen LogP contribution >= 0.6 is 0 Å². The molecule has 0 spiro atoms. The van der Waals surface area contributed by atoms with Crippen molar-refractivity contribution in [3.63, 3.8) is 0 Å². The molecule has 0 aliphatic rings. The van der Waals surface area contributed by atoms with Crippen LogP contribution in [0.3, 0.4) is 0 Å². The van der Waals surface area contributed by atoms with Crippen molar-refractivity contribution in [3.8, 4) is 0 Å². The fourth-order valence-electron chi connectivity index (χ4n) is 3.00. The summed E-state index contributed by atoms with van der Waals surface area (Å²) in [7, 11) is 0. The van der Waals surface area contributed by atoms with Crippen molar-refractivity contribution < 1.29 is 14.7 Å². The van der Waals surface area contributed by atoms with Crippen molar-refractivity contribution >= 4 is 11.9 Å². The standard InChI is InChI=1S/C22H26N2O3/c1-3-14-21(2,20(26)27)24-19(25)22(23,15-17-10-6-4-7-11-17)16-18-12-8-5-9-13-18/h3-13H,1,14-16,23H2,2H3,(H,24,25)(H,26,27)/t21-/m1/s1. The molecule has 0 unspecified atom stereocenters. The van der Waals surface area contributed by atoms with Crippen LogP contribution in [-0.2, 0) is 22.4 Å². The number of aliphatic carboxylic acids is 1. The van der Waals surface area contributed by atoms with Crippen molar-refractivity contribution in [2.75, 3.05) is 0 Å². The lowest BCUT2D eigenvalue weighted by molar-refractivity contribution is -0.147. The fraction of sp³-hybridized carbons (Fsp3) is 0.273. The Hall–Kier alpha value is -2.92. The van der Waals surface area contributed by atoms with Gasteiger partial charge in [0.1, 0.15) is 11.1 Å². The summed E-state index contributed by atoms with van der Waals surface area (Å²) in [5.41, 5.74) is 5.64. The van der Waals surface area contributed by atoms with Gasteiger partial charge in [-0.15, -0.1) is 6.58 Å². The molecule has 0 aliphatic carbocycles. The third-order valence-corrected chi connectivity index (χ3v) is 4.59. The summed E-state index contributed by atoms with van der Waals surface area (Å²) in [6.07, 6.45) is 2.15. The Bertz CT molecular complexity index is 748. The second-order valence-electron chi connectivity index (χ2n) is 7.07. The minimum atomic E-state index is -1.46. The molecule has 142 valence electrons. The molecule has 0 saturated carbocycles. The maximum absolute atomic E-state index is 13.1. The molecule has 5 nitrogen and oxygen atoms in total. The van der Waals surface area contributed by atoms with Crippen LogP contribution in [0.1, 0.15) is 24.5 Å². The first-order chi connectivity index (χ1) is 12.8. The molecule has 1 atom stereocenters. The quantitative estimate of drug-likeness (QED) is 0.595. The van der Waals surface area contributed by atoms with Crippen LogP contribution in [-0.4, -0.2) is 28.1 Å². The summed E-state index contributed by atoms with van der Waals surface area (Å²) in [4.78, 5) is 24.8. The smallest absolute Gasteiger partial charge is 0.329 e. The molecular formula is C22H26N2O3. The zero-order valence-corrected chi connectivity index (χ0v) is 15.5. The SMILES string of the molecule is C=CC[C@@](C)(NC(=O)C(N)(Cc1ccccc1)Cc1ccccc1)C(=O)O. The lowest BCUT2D eigenvalue weighted by Crippen LogP contribution is -2.63. The monoisotopic (exact) mass is 366 g/mol. The van der Waals surface area contributed by atoms with Gasteiger partial charge < -0.3 is 16.2 Å². The Labute approximate surface area is 159 Å². The molecule has 0 aromatic heterocycles. The zero-order valence-electron chi connectivity index (χ0n) is 15.5. The van der Waals surface area contributed by atoms with E-state index in [4.69, 9.17) is 5.73 Å². The second kappa shape index (κ2) is 8.64. The van der Waals surface area contributed by atoms with Crippen molar-refractivity contribution in [1.82, 2.24) is 5.32 Å². The van der Waals surface area contributed by atoms with Gasteiger partial charge in [-0.05, 0) is 37.3 Å². The highest BCUT2D eigenvalue weighted by Gasteiger charge is 2.41. The van der Waals surface area contributed by atoms with E-state index in [1.807, 2.05) is 60.7 Å². The molecule has 0 radical (unpaired) electrons. The first kappa shape index (κ1) is 20.4. The Morgan fingerprint density at radius 3 is 1.85 bits per heavy atom.